The third-order valence-electron chi connectivity index (χ3n) is 5.42. The molecule has 5 heteroatoms. The Bertz CT molecular complexity index is 918. The molecule has 5 nitrogen and oxygen atoms in total. The van der Waals surface area contributed by atoms with E-state index < -0.39 is 0 Å². The highest BCUT2D eigenvalue weighted by molar-refractivity contribution is 5.43. The van der Waals surface area contributed by atoms with E-state index in [1.165, 1.54) is 11.1 Å². The minimum Gasteiger partial charge on any atom is -0.493 e. The zero-order chi connectivity index (χ0) is 20.1. The summed E-state index contributed by atoms with van der Waals surface area (Å²) in [5, 5.41) is 0. The first-order valence-electron chi connectivity index (χ1n) is 9.94. The molecular formula is C24H27N3O2. The molecule has 0 radical (unpaired) electrons. The number of nitrogens with zero attached hydrogens (tertiary/aromatic N) is 2. The van der Waals surface area contributed by atoms with E-state index in [2.05, 4.69) is 46.3 Å². The maximum atomic E-state index is 6.45. The van der Waals surface area contributed by atoms with Gasteiger partial charge in [-0.25, -0.2) is 0 Å². The van der Waals surface area contributed by atoms with Crippen molar-refractivity contribution < 1.29 is 9.47 Å². The molecule has 0 saturated carbocycles. The van der Waals surface area contributed by atoms with Crippen molar-refractivity contribution in [1.82, 2.24) is 9.88 Å². The Labute approximate surface area is 172 Å². The Kier molecular flexibility index (Phi) is 6.08. The van der Waals surface area contributed by atoms with E-state index in [-0.39, 0.29) is 6.04 Å². The molecule has 2 heterocycles. The number of aromatic nitrogens is 1. The predicted octanol–water partition coefficient (Wildman–Crippen LogP) is 3.60. The van der Waals surface area contributed by atoms with Crippen molar-refractivity contribution in [2.75, 3.05) is 20.2 Å². The Morgan fingerprint density at radius 1 is 1.00 bits per heavy atom. The normalized spacial score (nSPS) is 19.2. The molecule has 0 aliphatic carbocycles. The molecule has 2 N–H and O–H groups in total. The maximum absolute atomic E-state index is 6.45. The summed E-state index contributed by atoms with van der Waals surface area (Å²) in [6.07, 6.45) is 3.57. The van der Waals surface area contributed by atoms with E-state index in [1.54, 1.807) is 13.3 Å². The van der Waals surface area contributed by atoms with E-state index in [9.17, 15) is 0 Å². The van der Waals surface area contributed by atoms with Crippen LogP contribution in [-0.2, 0) is 13.2 Å². The molecule has 0 unspecified atom stereocenters. The zero-order valence-corrected chi connectivity index (χ0v) is 16.7. The molecule has 1 aliphatic heterocycles. The fourth-order valence-corrected chi connectivity index (χ4v) is 3.93. The van der Waals surface area contributed by atoms with Gasteiger partial charge < -0.3 is 15.2 Å². The van der Waals surface area contributed by atoms with E-state index in [1.807, 2.05) is 30.5 Å². The first-order valence-corrected chi connectivity index (χ1v) is 9.94. The van der Waals surface area contributed by atoms with Crippen LogP contribution >= 0.6 is 0 Å². The Morgan fingerprint density at radius 2 is 1.86 bits per heavy atom. The number of benzene rings is 2. The van der Waals surface area contributed by atoms with Crippen LogP contribution in [0.15, 0.2) is 73.1 Å². The monoisotopic (exact) mass is 389 g/mol. The summed E-state index contributed by atoms with van der Waals surface area (Å²) >= 11 is 0. The van der Waals surface area contributed by atoms with Crippen molar-refractivity contribution in [3.05, 3.63) is 89.7 Å². The van der Waals surface area contributed by atoms with Gasteiger partial charge in [0.1, 0.15) is 6.61 Å². The van der Waals surface area contributed by atoms with Gasteiger partial charge in [-0.3, -0.25) is 9.88 Å². The highest BCUT2D eigenvalue weighted by Gasteiger charge is 2.31. The molecule has 1 aliphatic rings. The number of rotatable bonds is 7. The lowest BCUT2D eigenvalue weighted by Gasteiger charge is -2.18. The van der Waals surface area contributed by atoms with Crippen molar-refractivity contribution >= 4 is 0 Å². The van der Waals surface area contributed by atoms with Crippen molar-refractivity contribution in [2.45, 2.75) is 25.1 Å². The molecule has 150 valence electrons. The first kappa shape index (κ1) is 19.4. The number of pyridine rings is 1. The number of hydrogen-bond donors (Lipinski definition) is 1. The fourth-order valence-electron chi connectivity index (χ4n) is 3.93. The van der Waals surface area contributed by atoms with E-state index in [0.29, 0.717) is 12.5 Å². The SMILES string of the molecule is COc1ccc(CN2C[C@@H](N)[C@H](c3ccccc3)C2)cc1OCc1cccnc1. The summed E-state index contributed by atoms with van der Waals surface area (Å²) in [5.74, 6) is 1.85. The van der Waals surface area contributed by atoms with E-state index in [4.69, 9.17) is 15.2 Å². The fraction of sp³-hybridized carbons (Fsp3) is 0.292. The molecule has 0 bridgehead atoms. The summed E-state index contributed by atoms with van der Waals surface area (Å²) in [6.45, 7) is 3.14. The molecule has 1 aromatic heterocycles. The largest absolute Gasteiger partial charge is 0.493 e. The van der Waals surface area contributed by atoms with Crippen molar-refractivity contribution in [3.63, 3.8) is 0 Å². The molecule has 29 heavy (non-hydrogen) atoms. The maximum Gasteiger partial charge on any atom is 0.161 e. The third kappa shape index (κ3) is 4.75. The quantitative estimate of drug-likeness (QED) is 0.669. The average Bonchev–Trinajstić information content (AvgIpc) is 3.13. The smallest absolute Gasteiger partial charge is 0.161 e. The first-order chi connectivity index (χ1) is 14.2. The summed E-state index contributed by atoms with van der Waals surface area (Å²) in [5.41, 5.74) is 9.98. The van der Waals surface area contributed by atoms with Gasteiger partial charge in [0.25, 0.3) is 0 Å². The van der Waals surface area contributed by atoms with Crippen LogP contribution in [0.1, 0.15) is 22.6 Å². The molecule has 1 saturated heterocycles. The molecular weight excluding hydrogens is 362 g/mol. The van der Waals surface area contributed by atoms with Crippen LogP contribution < -0.4 is 15.2 Å². The zero-order valence-electron chi connectivity index (χ0n) is 16.7. The van der Waals surface area contributed by atoms with Gasteiger partial charge in [-0.05, 0) is 29.3 Å². The minimum absolute atomic E-state index is 0.150. The highest BCUT2D eigenvalue weighted by Crippen LogP contribution is 2.31. The second-order valence-corrected chi connectivity index (χ2v) is 7.51. The minimum atomic E-state index is 0.150. The molecule has 3 aromatic rings. The molecule has 4 rings (SSSR count). The van der Waals surface area contributed by atoms with Crippen LogP contribution in [0.25, 0.3) is 0 Å². The van der Waals surface area contributed by atoms with Crippen molar-refractivity contribution in [1.29, 1.82) is 0 Å². The van der Waals surface area contributed by atoms with Gasteiger partial charge >= 0.3 is 0 Å². The highest BCUT2D eigenvalue weighted by atomic mass is 16.5. The second kappa shape index (κ2) is 9.07. The number of nitrogens with two attached hydrogens (primary N) is 1. The summed E-state index contributed by atoms with van der Waals surface area (Å²) in [4.78, 5) is 6.55. The van der Waals surface area contributed by atoms with Crippen LogP contribution in [0, 0.1) is 0 Å². The number of likely N-dealkylation sites (tertiary alicyclic amines) is 1. The topological polar surface area (TPSA) is 60.6 Å². The molecule has 0 spiro atoms. The predicted molar refractivity (Wildman–Crippen MR) is 114 cm³/mol. The number of hydrogen-bond acceptors (Lipinski definition) is 5. The van der Waals surface area contributed by atoms with Gasteiger partial charge in [0, 0.05) is 49.6 Å². The van der Waals surface area contributed by atoms with Crippen LogP contribution in [0.2, 0.25) is 0 Å². The van der Waals surface area contributed by atoms with Gasteiger partial charge in [-0.15, -0.1) is 0 Å². The second-order valence-electron chi connectivity index (χ2n) is 7.51. The van der Waals surface area contributed by atoms with Gasteiger partial charge in [0.05, 0.1) is 7.11 Å². The Balaban J connectivity index is 1.43. The summed E-state index contributed by atoms with van der Waals surface area (Å²) in [7, 11) is 1.66. The number of methoxy groups -OCH3 is 1. The van der Waals surface area contributed by atoms with Gasteiger partial charge in [0.15, 0.2) is 11.5 Å². The van der Waals surface area contributed by atoms with Crippen molar-refractivity contribution in [3.8, 4) is 11.5 Å². The van der Waals surface area contributed by atoms with Crippen LogP contribution in [0.5, 0.6) is 11.5 Å². The lowest BCUT2D eigenvalue weighted by Crippen LogP contribution is -2.28. The molecule has 2 atom stereocenters. The molecule has 2 aromatic carbocycles. The van der Waals surface area contributed by atoms with Gasteiger partial charge in [-0.1, -0.05) is 42.5 Å². The Morgan fingerprint density at radius 3 is 2.62 bits per heavy atom. The van der Waals surface area contributed by atoms with Gasteiger partial charge in [-0.2, -0.15) is 0 Å². The van der Waals surface area contributed by atoms with Crippen molar-refractivity contribution in [2.24, 2.45) is 5.73 Å². The van der Waals surface area contributed by atoms with Crippen LogP contribution in [0.4, 0.5) is 0 Å². The molecule has 0 amide bonds. The lowest BCUT2D eigenvalue weighted by atomic mass is 9.95. The van der Waals surface area contributed by atoms with E-state index in [0.717, 1.165) is 36.7 Å². The summed E-state index contributed by atoms with van der Waals surface area (Å²) < 4.78 is 11.5. The standard InChI is InChI=1S/C24H27N3O2/c1-28-23-10-9-18(12-24(23)29-17-19-6-5-11-26-13-19)14-27-15-21(22(25)16-27)20-7-3-2-4-8-20/h2-13,21-22H,14-17,25H2,1H3/t21-,22+/m0/s1. The molecule has 1 fully saturated rings. The van der Waals surface area contributed by atoms with Crippen LogP contribution in [0.3, 0.4) is 0 Å². The average molecular weight is 389 g/mol. The summed E-state index contributed by atoms with van der Waals surface area (Å²) in [6, 6.07) is 20.7. The van der Waals surface area contributed by atoms with Crippen LogP contribution in [-0.4, -0.2) is 36.1 Å². The van der Waals surface area contributed by atoms with E-state index >= 15 is 0 Å². The van der Waals surface area contributed by atoms with Gasteiger partial charge in [0.2, 0.25) is 0 Å². The number of ether oxygens (including phenoxy) is 2. The Hall–Kier alpha value is -2.89. The third-order valence-corrected chi connectivity index (χ3v) is 5.42. The lowest BCUT2D eigenvalue weighted by molar-refractivity contribution is 0.281.